The molecule has 0 bridgehead atoms. The van der Waals surface area contributed by atoms with Gasteiger partial charge >= 0.3 is 0 Å². The molecule has 0 aromatic heterocycles. The first-order valence-electron chi connectivity index (χ1n) is 12.2. The molecule has 2 fully saturated rings. The van der Waals surface area contributed by atoms with Crippen LogP contribution in [0, 0.1) is 11.3 Å². The van der Waals surface area contributed by atoms with Gasteiger partial charge in [0.05, 0.1) is 24.9 Å². The van der Waals surface area contributed by atoms with Gasteiger partial charge in [-0.3, -0.25) is 4.79 Å². The number of carbonyl (C=O) groups excluding carboxylic acids is 1. The van der Waals surface area contributed by atoms with Crippen molar-refractivity contribution in [1.29, 1.82) is 0 Å². The number of aliphatic hydroxyl groups is 6. The number of rotatable bonds is 7. The predicted octanol–water partition coefficient (Wildman–Crippen LogP) is -0.421. The first-order chi connectivity index (χ1) is 16.3. The smallest absolute Gasteiger partial charge is 0.187 e. The number of allylic oxidation sites excluding steroid dienone is 3. The molecule has 10 heteroatoms. The summed E-state index contributed by atoms with van der Waals surface area (Å²) in [7, 11) is 0. The van der Waals surface area contributed by atoms with E-state index in [0.29, 0.717) is 12.8 Å². The summed E-state index contributed by atoms with van der Waals surface area (Å²) in [5.41, 5.74) is 0.713. The largest absolute Gasteiger partial charge is 0.390 e. The van der Waals surface area contributed by atoms with Crippen molar-refractivity contribution in [3.05, 3.63) is 23.8 Å². The van der Waals surface area contributed by atoms with Crippen molar-refractivity contribution in [1.82, 2.24) is 0 Å². The van der Waals surface area contributed by atoms with E-state index in [1.807, 2.05) is 32.9 Å². The maximum atomic E-state index is 11.9. The molecule has 0 aromatic rings. The summed E-state index contributed by atoms with van der Waals surface area (Å²) in [5, 5.41) is 60.7. The van der Waals surface area contributed by atoms with Crippen LogP contribution in [0.5, 0.6) is 0 Å². The molecule has 1 heterocycles. The second-order valence-electron chi connectivity index (χ2n) is 10.7. The van der Waals surface area contributed by atoms with Crippen LogP contribution in [-0.4, -0.2) is 104 Å². The average molecular weight is 501 g/mol. The third-order valence-corrected chi connectivity index (χ3v) is 7.29. The fourth-order valence-corrected chi connectivity index (χ4v) is 5.20. The molecule has 0 aromatic carbocycles. The van der Waals surface area contributed by atoms with E-state index in [0.717, 1.165) is 5.57 Å². The van der Waals surface area contributed by atoms with E-state index >= 15 is 0 Å². The van der Waals surface area contributed by atoms with Crippen LogP contribution in [0.2, 0.25) is 0 Å². The van der Waals surface area contributed by atoms with Crippen molar-refractivity contribution in [3.63, 3.8) is 0 Å². The van der Waals surface area contributed by atoms with Crippen molar-refractivity contribution in [2.45, 2.75) is 108 Å². The normalized spacial score (nSPS) is 43.3. The van der Waals surface area contributed by atoms with E-state index in [-0.39, 0.29) is 30.1 Å². The molecule has 3 rings (SSSR count). The molecule has 0 radical (unpaired) electrons. The SMILES string of the molecule is CC1=CC(=O)CC(C)(C)[C@H]1/C=C/[C@@H](C)O[C@@H]1O[C@H](CO[C@@H]2CC[C@H](O)[C@H](O)[C@H]2O)[C@@H](O)[C@H](O)[C@H]1O. The number of carbonyl (C=O) groups is 1. The summed E-state index contributed by atoms with van der Waals surface area (Å²) in [6, 6.07) is 0. The van der Waals surface area contributed by atoms with Crippen molar-refractivity contribution in [2.75, 3.05) is 6.61 Å². The maximum Gasteiger partial charge on any atom is 0.187 e. The van der Waals surface area contributed by atoms with Gasteiger partial charge in [-0.15, -0.1) is 0 Å². The van der Waals surface area contributed by atoms with E-state index in [9.17, 15) is 35.4 Å². The van der Waals surface area contributed by atoms with E-state index in [4.69, 9.17) is 14.2 Å². The van der Waals surface area contributed by atoms with Gasteiger partial charge in [0, 0.05) is 12.3 Å². The molecule has 2 aliphatic carbocycles. The van der Waals surface area contributed by atoms with Crippen LogP contribution in [0.4, 0.5) is 0 Å². The van der Waals surface area contributed by atoms with E-state index in [1.54, 1.807) is 13.0 Å². The molecule has 1 aliphatic heterocycles. The van der Waals surface area contributed by atoms with Gasteiger partial charge in [-0.1, -0.05) is 31.6 Å². The van der Waals surface area contributed by atoms with Gasteiger partial charge in [0.15, 0.2) is 12.1 Å². The lowest BCUT2D eigenvalue weighted by Gasteiger charge is -2.42. The Bertz CT molecular complexity index is 795. The number of hydrogen-bond acceptors (Lipinski definition) is 10. The molecule has 0 unspecified atom stereocenters. The van der Waals surface area contributed by atoms with Crippen LogP contribution in [0.1, 0.15) is 47.0 Å². The summed E-state index contributed by atoms with van der Waals surface area (Å²) in [6.45, 7) is 7.50. The lowest BCUT2D eigenvalue weighted by molar-refractivity contribution is -0.311. The first kappa shape index (κ1) is 28.4. The van der Waals surface area contributed by atoms with Crippen molar-refractivity contribution < 1.29 is 49.6 Å². The highest BCUT2D eigenvalue weighted by atomic mass is 16.7. The Hall–Kier alpha value is -1.21. The van der Waals surface area contributed by atoms with Crippen molar-refractivity contribution in [2.24, 2.45) is 11.3 Å². The van der Waals surface area contributed by atoms with Crippen LogP contribution in [0.3, 0.4) is 0 Å². The van der Waals surface area contributed by atoms with Crippen LogP contribution >= 0.6 is 0 Å². The Morgan fingerprint density at radius 1 is 1.06 bits per heavy atom. The molecule has 200 valence electrons. The van der Waals surface area contributed by atoms with Crippen LogP contribution < -0.4 is 0 Å². The molecule has 0 amide bonds. The summed E-state index contributed by atoms with van der Waals surface area (Å²) in [6.07, 6.45) is -5.37. The molecular formula is C25H40O10. The van der Waals surface area contributed by atoms with Crippen LogP contribution in [0.25, 0.3) is 0 Å². The fourth-order valence-electron chi connectivity index (χ4n) is 5.20. The van der Waals surface area contributed by atoms with Crippen LogP contribution in [-0.2, 0) is 19.0 Å². The van der Waals surface area contributed by atoms with Crippen molar-refractivity contribution >= 4 is 5.78 Å². The summed E-state index contributed by atoms with van der Waals surface area (Å²) in [4.78, 5) is 11.9. The topological polar surface area (TPSA) is 166 Å². The Morgan fingerprint density at radius 2 is 1.74 bits per heavy atom. The number of hydrogen-bond donors (Lipinski definition) is 6. The Morgan fingerprint density at radius 3 is 2.40 bits per heavy atom. The van der Waals surface area contributed by atoms with Gasteiger partial charge in [-0.2, -0.15) is 0 Å². The Kier molecular flexibility index (Phi) is 9.28. The Labute approximate surface area is 205 Å². The van der Waals surface area contributed by atoms with Gasteiger partial charge in [0.2, 0.25) is 0 Å². The van der Waals surface area contributed by atoms with Gasteiger partial charge in [-0.25, -0.2) is 0 Å². The third kappa shape index (κ3) is 6.57. The number of aliphatic hydroxyl groups excluding tert-OH is 6. The zero-order chi connectivity index (χ0) is 26.1. The minimum atomic E-state index is -1.55. The summed E-state index contributed by atoms with van der Waals surface area (Å²) >= 11 is 0. The van der Waals surface area contributed by atoms with Gasteiger partial charge < -0.3 is 44.8 Å². The zero-order valence-electron chi connectivity index (χ0n) is 20.7. The molecular weight excluding hydrogens is 460 g/mol. The molecule has 0 spiro atoms. The molecule has 6 N–H and O–H groups in total. The highest BCUT2D eigenvalue weighted by Gasteiger charge is 2.46. The summed E-state index contributed by atoms with van der Waals surface area (Å²) in [5.74, 6) is 0.139. The molecule has 1 saturated heterocycles. The van der Waals surface area contributed by atoms with E-state index in [1.165, 1.54) is 0 Å². The molecule has 1 saturated carbocycles. The first-order valence-corrected chi connectivity index (χ1v) is 12.2. The van der Waals surface area contributed by atoms with Crippen molar-refractivity contribution in [3.8, 4) is 0 Å². The molecule has 11 atom stereocenters. The molecule has 35 heavy (non-hydrogen) atoms. The minimum Gasteiger partial charge on any atom is -0.390 e. The lowest BCUT2D eigenvalue weighted by atomic mass is 9.68. The fraction of sp³-hybridized carbons (Fsp3) is 0.800. The molecule has 3 aliphatic rings. The maximum absolute atomic E-state index is 11.9. The highest BCUT2D eigenvalue weighted by molar-refractivity contribution is 5.92. The molecule has 10 nitrogen and oxygen atoms in total. The standard InChI is InChI=1S/C25H40O10/c1-12-9-14(26)10-25(3,4)15(12)6-5-13(2)34-24-23(32)22(31)21(30)18(35-24)11-33-17-8-7-16(27)19(28)20(17)29/h5-6,9,13,15-24,27-32H,7-8,10-11H2,1-4H3/b6-5+/t13-,15+,16+,17-,18-,19+,20+,21-,22+,23-,24-/m1/s1. The number of ether oxygens (including phenoxy) is 3. The van der Waals surface area contributed by atoms with E-state index < -0.39 is 61.2 Å². The van der Waals surface area contributed by atoms with Gasteiger partial charge in [0.25, 0.3) is 0 Å². The van der Waals surface area contributed by atoms with Gasteiger partial charge in [-0.05, 0) is 38.2 Å². The summed E-state index contributed by atoms with van der Waals surface area (Å²) < 4.78 is 17.2. The third-order valence-electron chi connectivity index (χ3n) is 7.29. The average Bonchev–Trinajstić information content (AvgIpc) is 2.76. The number of ketones is 1. The quantitative estimate of drug-likeness (QED) is 0.253. The van der Waals surface area contributed by atoms with E-state index in [2.05, 4.69) is 0 Å². The minimum absolute atomic E-state index is 0.0350. The zero-order valence-corrected chi connectivity index (χ0v) is 20.7. The predicted molar refractivity (Wildman–Crippen MR) is 124 cm³/mol. The Balaban J connectivity index is 1.60. The second-order valence-corrected chi connectivity index (χ2v) is 10.7. The highest BCUT2D eigenvalue weighted by Crippen LogP contribution is 2.40. The monoisotopic (exact) mass is 500 g/mol. The lowest BCUT2D eigenvalue weighted by Crippen LogP contribution is -2.60. The van der Waals surface area contributed by atoms with Gasteiger partial charge in [0.1, 0.15) is 36.6 Å². The van der Waals surface area contributed by atoms with Crippen LogP contribution in [0.15, 0.2) is 23.8 Å². The second kappa shape index (κ2) is 11.5.